The van der Waals surface area contributed by atoms with Gasteiger partial charge in [-0.25, -0.2) is 0 Å². The second-order valence-corrected chi connectivity index (χ2v) is 3.62. The minimum atomic E-state index is -0.262. The Morgan fingerprint density at radius 1 is 1.62 bits per heavy atom. The first-order valence-electron chi connectivity index (χ1n) is 5.02. The lowest BCUT2D eigenvalue weighted by Crippen LogP contribution is -2.32. The zero-order chi connectivity index (χ0) is 12.1. The van der Waals surface area contributed by atoms with Gasteiger partial charge in [-0.05, 0) is 13.0 Å². The Morgan fingerprint density at radius 2 is 2.31 bits per heavy atom. The third-order valence-electron chi connectivity index (χ3n) is 2.32. The van der Waals surface area contributed by atoms with Crippen LogP contribution in [-0.4, -0.2) is 30.2 Å². The molecule has 1 aromatic rings. The average Bonchev–Trinajstić information content (AvgIpc) is 2.29. The minimum Gasteiger partial charge on any atom is -0.380 e. The Balaban J connectivity index is 2.67. The molecule has 1 atom stereocenters. The zero-order valence-corrected chi connectivity index (χ0v) is 9.69. The van der Waals surface area contributed by atoms with Crippen molar-refractivity contribution in [3.8, 4) is 0 Å². The monoisotopic (exact) mass is 224 g/mol. The molecule has 5 nitrogen and oxygen atoms in total. The molecule has 0 fully saturated rings. The molecular formula is C11H16N2O3. The molecule has 1 aromatic heterocycles. The van der Waals surface area contributed by atoms with Crippen molar-refractivity contribution in [3.63, 3.8) is 0 Å². The molecule has 16 heavy (non-hydrogen) atoms. The summed E-state index contributed by atoms with van der Waals surface area (Å²) in [7, 11) is 3.21. The van der Waals surface area contributed by atoms with E-state index in [-0.39, 0.29) is 17.6 Å². The van der Waals surface area contributed by atoms with Gasteiger partial charge in [-0.3, -0.25) is 9.59 Å². The Morgan fingerprint density at radius 3 is 2.88 bits per heavy atom. The predicted octanol–water partition coefficient (Wildman–Crippen LogP) is 0.150. The molecule has 0 radical (unpaired) electrons. The first-order valence-corrected chi connectivity index (χ1v) is 5.02. The van der Waals surface area contributed by atoms with E-state index in [0.29, 0.717) is 12.1 Å². The summed E-state index contributed by atoms with van der Waals surface area (Å²) in [5, 5.41) is 2.68. The Kier molecular flexibility index (Phi) is 4.25. The second kappa shape index (κ2) is 5.46. The van der Waals surface area contributed by atoms with Gasteiger partial charge in [0.15, 0.2) is 0 Å². The fraction of sp³-hybridized carbons (Fsp3) is 0.455. The van der Waals surface area contributed by atoms with Crippen molar-refractivity contribution in [1.82, 2.24) is 9.88 Å². The third kappa shape index (κ3) is 3.20. The molecule has 5 heteroatoms. The Labute approximate surface area is 94.0 Å². The zero-order valence-electron chi connectivity index (χ0n) is 9.69. The lowest BCUT2D eigenvalue weighted by atomic mass is 10.2. The Hall–Kier alpha value is -1.62. The summed E-state index contributed by atoms with van der Waals surface area (Å²) in [5.41, 5.74) is 0.166. The molecular weight excluding hydrogens is 208 g/mol. The van der Waals surface area contributed by atoms with Crippen molar-refractivity contribution in [3.05, 3.63) is 34.2 Å². The van der Waals surface area contributed by atoms with Crippen LogP contribution in [0.15, 0.2) is 23.1 Å². The minimum absolute atomic E-state index is 0.0458. The largest absolute Gasteiger partial charge is 0.380 e. The fourth-order valence-electron chi connectivity index (χ4n) is 1.11. The van der Waals surface area contributed by atoms with Crippen LogP contribution in [0.5, 0.6) is 0 Å². The van der Waals surface area contributed by atoms with Crippen molar-refractivity contribution < 1.29 is 9.53 Å². The molecule has 0 saturated heterocycles. The van der Waals surface area contributed by atoms with Gasteiger partial charge in [-0.2, -0.15) is 0 Å². The molecule has 0 aromatic carbocycles. The second-order valence-electron chi connectivity index (χ2n) is 3.62. The van der Waals surface area contributed by atoms with E-state index < -0.39 is 0 Å². The molecule has 0 spiro atoms. The van der Waals surface area contributed by atoms with Crippen molar-refractivity contribution in [1.29, 1.82) is 0 Å². The van der Waals surface area contributed by atoms with Crippen LogP contribution < -0.4 is 10.9 Å². The average molecular weight is 224 g/mol. The quantitative estimate of drug-likeness (QED) is 0.792. The number of carbonyl (C=O) groups excluding carboxylic acids is 1. The molecule has 1 amide bonds. The van der Waals surface area contributed by atoms with Crippen LogP contribution in [0.1, 0.15) is 17.3 Å². The fourth-order valence-corrected chi connectivity index (χ4v) is 1.11. The summed E-state index contributed by atoms with van der Waals surface area (Å²) in [6, 6.07) is 2.92. The number of ether oxygens (including phenoxy) is 1. The normalized spacial score (nSPS) is 12.2. The van der Waals surface area contributed by atoms with Crippen LogP contribution in [0.3, 0.4) is 0 Å². The number of rotatable bonds is 4. The van der Waals surface area contributed by atoms with Crippen LogP contribution in [0, 0.1) is 0 Å². The number of nitrogens with zero attached hydrogens (tertiary/aromatic N) is 1. The van der Waals surface area contributed by atoms with Gasteiger partial charge in [-0.15, -0.1) is 0 Å². The standard InChI is InChI=1S/C11H16N2O3/c1-8(16-3)7-12-11(15)9-4-5-13(2)10(14)6-9/h4-6,8H,7H2,1-3H3,(H,12,15). The molecule has 1 unspecified atom stereocenters. The van der Waals surface area contributed by atoms with E-state index in [1.165, 1.54) is 10.6 Å². The summed E-state index contributed by atoms with van der Waals surface area (Å²) in [6.07, 6.45) is 1.52. The molecule has 0 saturated carbocycles. The van der Waals surface area contributed by atoms with Crippen molar-refractivity contribution in [2.24, 2.45) is 7.05 Å². The van der Waals surface area contributed by atoms with Crippen molar-refractivity contribution in [2.75, 3.05) is 13.7 Å². The van der Waals surface area contributed by atoms with E-state index in [1.807, 2.05) is 6.92 Å². The smallest absolute Gasteiger partial charge is 0.251 e. The number of hydrogen-bond acceptors (Lipinski definition) is 3. The highest BCUT2D eigenvalue weighted by molar-refractivity contribution is 5.93. The molecule has 0 aliphatic rings. The van der Waals surface area contributed by atoms with Crippen molar-refractivity contribution >= 4 is 5.91 Å². The number of methoxy groups -OCH3 is 1. The number of pyridine rings is 1. The molecule has 1 rings (SSSR count). The maximum Gasteiger partial charge on any atom is 0.251 e. The molecule has 0 bridgehead atoms. The van der Waals surface area contributed by atoms with E-state index in [1.54, 1.807) is 26.4 Å². The van der Waals surface area contributed by atoms with E-state index in [9.17, 15) is 9.59 Å². The summed E-state index contributed by atoms with van der Waals surface area (Å²) in [4.78, 5) is 22.9. The van der Waals surface area contributed by atoms with Gasteiger partial charge in [0.2, 0.25) is 0 Å². The summed E-state index contributed by atoms with van der Waals surface area (Å²) < 4.78 is 6.41. The lowest BCUT2D eigenvalue weighted by Gasteiger charge is -2.10. The van der Waals surface area contributed by atoms with Gasteiger partial charge >= 0.3 is 0 Å². The first-order chi connectivity index (χ1) is 7.54. The summed E-state index contributed by atoms with van der Waals surface area (Å²) in [6.45, 7) is 2.27. The van der Waals surface area contributed by atoms with Crippen LogP contribution >= 0.6 is 0 Å². The number of hydrogen-bond donors (Lipinski definition) is 1. The summed E-state index contributed by atoms with van der Waals surface area (Å²) in [5.74, 6) is -0.262. The number of aryl methyl sites for hydroxylation is 1. The van der Waals surface area contributed by atoms with Gasteiger partial charge in [0.1, 0.15) is 0 Å². The molecule has 0 aliphatic heterocycles. The number of aromatic nitrogens is 1. The van der Waals surface area contributed by atoms with Crippen molar-refractivity contribution in [2.45, 2.75) is 13.0 Å². The van der Waals surface area contributed by atoms with E-state index in [4.69, 9.17) is 4.74 Å². The van der Waals surface area contributed by atoms with E-state index >= 15 is 0 Å². The topological polar surface area (TPSA) is 60.3 Å². The van der Waals surface area contributed by atoms with Gasteiger partial charge in [-0.1, -0.05) is 0 Å². The third-order valence-corrected chi connectivity index (χ3v) is 2.32. The molecule has 1 heterocycles. The van der Waals surface area contributed by atoms with Gasteiger partial charge < -0.3 is 14.6 Å². The number of carbonyl (C=O) groups is 1. The van der Waals surface area contributed by atoms with Gasteiger partial charge in [0.25, 0.3) is 11.5 Å². The predicted molar refractivity (Wildman–Crippen MR) is 60.5 cm³/mol. The van der Waals surface area contributed by atoms with E-state index in [0.717, 1.165) is 0 Å². The summed E-state index contributed by atoms with van der Waals surface area (Å²) >= 11 is 0. The van der Waals surface area contributed by atoms with Gasteiger partial charge in [0.05, 0.1) is 6.10 Å². The molecule has 0 aliphatic carbocycles. The van der Waals surface area contributed by atoms with Crippen LogP contribution in [-0.2, 0) is 11.8 Å². The van der Waals surface area contributed by atoms with Gasteiger partial charge in [0, 0.05) is 38.5 Å². The maximum absolute atomic E-state index is 11.6. The van der Waals surface area contributed by atoms with Crippen LogP contribution in [0.25, 0.3) is 0 Å². The molecule has 1 N–H and O–H groups in total. The Bertz CT molecular complexity index is 425. The SMILES string of the molecule is COC(C)CNC(=O)c1ccn(C)c(=O)c1. The maximum atomic E-state index is 11.6. The number of amides is 1. The highest BCUT2D eigenvalue weighted by Gasteiger charge is 2.07. The highest BCUT2D eigenvalue weighted by atomic mass is 16.5. The first kappa shape index (κ1) is 12.4. The lowest BCUT2D eigenvalue weighted by molar-refractivity contribution is 0.0870. The van der Waals surface area contributed by atoms with E-state index in [2.05, 4.69) is 5.32 Å². The van der Waals surface area contributed by atoms with Crippen LogP contribution in [0.4, 0.5) is 0 Å². The van der Waals surface area contributed by atoms with Crippen LogP contribution in [0.2, 0.25) is 0 Å². The number of nitrogens with one attached hydrogen (secondary N) is 1. The highest BCUT2D eigenvalue weighted by Crippen LogP contribution is 1.94. The molecule has 88 valence electrons.